The maximum Gasteiger partial charge on any atom is 0.306 e. The molecular formula is C18H23N3O3. The van der Waals surface area contributed by atoms with E-state index in [1.54, 1.807) is 23.7 Å². The number of anilines is 1. The average molecular weight is 329 g/mol. The number of hydrogen-bond donors (Lipinski definition) is 2. The second-order valence-corrected chi connectivity index (χ2v) is 6.14. The van der Waals surface area contributed by atoms with Crippen molar-refractivity contribution in [1.82, 2.24) is 9.78 Å². The zero-order valence-electron chi connectivity index (χ0n) is 14.5. The molecule has 0 saturated carbocycles. The second-order valence-electron chi connectivity index (χ2n) is 6.14. The third-order valence-electron chi connectivity index (χ3n) is 4.20. The Labute approximate surface area is 141 Å². The van der Waals surface area contributed by atoms with E-state index in [0.717, 1.165) is 22.5 Å². The molecule has 0 saturated heterocycles. The Morgan fingerprint density at radius 1 is 1.25 bits per heavy atom. The van der Waals surface area contributed by atoms with Crippen LogP contribution in [0.5, 0.6) is 0 Å². The molecule has 128 valence electrons. The van der Waals surface area contributed by atoms with Crippen LogP contribution in [0.1, 0.15) is 29.4 Å². The largest absolute Gasteiger partial charge is 0.481 e. The molecule has 0 fully saturated rings. The Balaban J connectivity index is 1.98. The van der Waals surface area contributed by atoms with Gasteiger partial charge in [0, 0.05) is 24.0 Å². The van der Waals surface area contributed by atoms with Crippen molar-refractivity contribution in [2.45, 2.75) is 33.6 Å². The number of carbonyl (C=O) groups excluding carboxylic acids is 1. The van der Waals surface area contributed by atoms with Crippen molar-refractivity contribution < 1.29 is 14.7 Å². The van der Waals surface area contributed by atoms with E-state index in [-0.39, 0.29) is 12.3 Å². The van der Waals surface area contributed by atoms with Crippen molar-refractivity contribution in [2.24, 2.45) is 13.0 Å². The van der Waals surface area contributed by atoms with Gasteiger partial charge in [-0.15, -0.1) is 0 Å². The Morgan fingerprint density at radius 2 is 1.88 bits per heavy atom. The quantitative estimate of drug-likeness (QED) is 0.853. The first-order valence-electron chi connectivity index (χ1n) is 7.88. The molecule has 0 bridgehead atoms. The highest BCUT2D eigenvalue weighted by atomic mass is 16.4. The highest BCUT2D eigenvalue weighted by Gasteiger charge is 2.14. The Kier molecular flexibility index (Phi) is 5.39. The molecule has 2 N–H and O–H groups in total. The number of hydrogen-bond acceptors (Lipinski definition) is 3. The van der Waals surface area contributed by atoms with Crippen molar-refractivity contribution in [3.05, 3.63) is 46.8 Å². The minimum atomic E-state index is -0.811. The SMILES string of the molecule is Cc1nn(C)c(C)c1CC(=O)Nc1ccc(C[C@H](C)C(=O)O)cc1. The number of benzene rings is 1. The monoisotopic (exact) mass is 329 g/mol. The molecule has 1 aromatic heterocycles. The lowest BCUT2D eigenvalue weighted by Gasteiger charge is -2.09. The van der Waals surface area contributed by atoms with Crippen LogP contribution in [0.25, 0.3) is 0 Å². The van der Waals surface area contributed by atoms with Crippen LogP contribution in [-0.2, 0) is 29.5 Å². The number of carboxylic acids is 1. The average Bonchev–Trinajstić information content (AvgIpc) is 2.75. The highest BCUT2D eigenvalue weighted by molar-refractivity contribution is 5.92. The van der Waals surface area contributed by atoms with Crippen molar-refractivity contribution in [2.75, 3.05) is 5.32 Å². The van der Waals surface area contributed by atoms with Crippen molar-refractivity contribution in [3.63, 3.8) is 0 Å². The smallest absolute Gasteiger partial charge is 0.306 e. The summed E-state index contributed by atoms with van der Waals surface area (Å²) < 4.78 is 1.77. The summed E-state index contributed by atoms with van der Waals surface area (Å²) in [6, 6.07) is 7.28. The van der Waals surface area contributed by atoms with Gasteiger partial charge in [-0.2, -0.15) is 5.10 Å². The van der Waals surface area contributed by atoms with Gasteiger partial charge in [-0.05, 0) is 38.0 Å². The van der Waals surface area contributed by atoms with Gasteiger partial charge in [0.2, 0.25) is 5.91 Å². The van der Waals surface area contributed by atoms with Gasteiger partial charge in [0.15, 0.2) is 0 Å². The normalized spacial score (nSPS) is 12.0. The fraction of sp³-hybridized carbons (Fsp3) is 0.389. The van der Waals surface area contributed by atoms with Crippen LogP contribution in [0.3, 0.4) is 0 Å². The van der Waals surface area contributed by atoms with E-state index in [1.807, 2.05) is 33.0 Å². The van der Waals surface area contributed by atoms with E-state index in [1.165, 1.54) is 0 Å². The van der Waals surface area contributed by atoms with Crippen molar-refractivity contribution in [1.29, 1.82) is 0 Å². The van der Waals surface area contributed by atoms with Crippen LogP contribution in [0, 0.1) is 19.8 Å². The molecule has 24 heavy (non-hydrogen) atoms. The number of carbonyl (C=O) groups is 2. The van der Waals surface area contributed by atoms with Crippen LogP contribution >= 0.6 is 0 Å². The molecule has 0 aliphatic heterocycles. The van der Waals surface area contributed by atoms with E-state index >= 15 is 0 Å². The van der Waals surface area contributed by atoms with Crippen molar-refractivity contribution >= 4 is 17.6 Å². The van der Waals surface area contributed by atoms with Crippen LogP contribution in [0.2, 0.25) is 0 Å². The molecule has 2 rings (SSSR count). The maximum absolute atomic E-state index is 12.2. The van der Waals surface area contributed by atoms with Gasteiger partial charge in [0.1, 0.15) is 0 Å². The zero-order chi connectivity index (χ0) is 17.9. The number of aromatic nitrogens is 2. The third-order valence-corrected chi connectivity index (χ3v) is 4.20. The summed E-state index contributed by atoms with van der Waals surface area (Å²) in [5.74, 6) is -1.34. The number of aliphatic carboxylic acids is 1. The lowest BCUT2D eigenvalue weighted by atomic mass is 10.0. The second kappa shape index (κ2) is 7.29. The molecule has 0 radical (unpaired) electrons. The number of nitrogens with zero attached hydrogens (tertiary/aromatic N) is 2. The minimum absolute atomic E-state index is 0.0964. The lowest BCUT2D eigenvalue weighted by molar-refractivity contribution is -0.141. The van der Waals surface area contributed by atoms with E-state index in [4.69, 9.17) is 5.11 Å². The molecule has 0 spiro atoms. The van der Waals surface area contributed by atoms with Gasteiger partial charge in [-0.25, -0.2) is 0 Å². The third kappa shape index (κ3) is 4.22. The summed E-state index contributed by atoms with van der Waals surface area (Å²) in [5, 5.41) is 16.1. The van der Waals surface area contributed by atoms with E-state index in [9.17, 15) is 9.59 Å². The number of rotatable bonds is 6. The topological polar surface area (TPSA) is 84.2 Å². The summed E-state index contributed by atoms with van der Waals surface area (Å²) in [6.07, 6.45) is 0.751. The first-order chi connectivity index (χ1) is 11.3. The van der Waals surface area contributed by atoms with Crippen LogP contribution < -0.4 is 5.32 Å². The Hall–Kier alpha value is -2.63. The van der Waals surface area contributed by atoms with Crippen molar-refractivity contribution in [3.8, 4) is 0 Å². The standard InChI is InChI=1S/C18H23N3O3/c1-11(18(23)24)9-14-5-7-15(8-6-14)19-17(22)10-16-12(2)20-21(4)13(16)3/h5-8,11H,9-10H2,1-4H3,(H,19,22)(H,23,24)/t11-/m0/s1. The molecule has 1 heterocycles. The molecule has 1 aromatic carbocycles. The summed E-state index contributed by atoms with van der Waals surface area (Å²) in [6.45, 7) is 5.52. The summed E-state index contributed by atoms with van der Waals surface area (Å²) in [7, 11) is 1.86. The highest BCUT2D eigenvalue weighted by Crippen LogP contribution is 2.16. The number of amides is 1. The van der Waals surface area contributed by atoms with Gasteiger partial charge in [-0.3, -0.25) is 14.3 Å². The zero-order valence-corrected chi connectivity index (χ0v) is 14.5. The van der Waals surface area contributed by atoms with E-state index in [0.29, 0.717) is 12.1 Å². The van der Waals surface area contributed by atoms with Gasteiger partial charge >= 0.3 is 5.97 Å². The Bertz CT molecular complexity index is 748. The van der Waals surface area contributed by atoms with Crippen LogP contribution in [0.4, 0.5) is 5.69 Å². The van der Waals surface area contributed by atoms with Gasteiger partial charge in [-0.1, -0.05) is 19.1 Å². The molecule has 1 atom stereocenters. The fourth-order valence-electron chi connectivity index (χ4n) is 2.60. The minimum Gasteiger partial charge on any atom is -0.481 e. The van der Waals surface area contributed by atoms with E-state index in [2.05, 4.69) is 10.4 Å². The first-order valence-corrected chi connectivity index (χ1v) is 7.88. The summed E-state index contributed by atoms with van der Waals surface area (Å²) >= 11 is 0. The first kappa shape index (κ1) is 17.7. The number of nitrogens with one attached hydrogen (secondary N) is 1. The predicted molar refractivity (Wildman–Crippen MR) is 92.0 cm³/mol. The molecule has 0 unspecified atom stereocenters. The lowest BCUT2D eigenvalue weighted by Crippen LogP contribution is -2.15. The van der Waals surface area contributed by atoms with E-state index < -0.39 is 11.9 Å². The number of carboxylic acid groups (broad SMARTS) is 1. The fourth-order valence-corrected chi connectivity index (χ4v) is 2.60. The number of aryl methyl sites for hydroxylation is 2. The summed E-state index contributed by atoms with van der Waals surface area (Å²) in [4.78, 5) is 23.1. The summed E-state index contributed by atoms with van der Waals surface area (Å²) in [5.41, 5.74) is 4.43. The molecule has 0 aliphatic rings. The Morgan fingerprint density at radius 3 is 2.38 bits per heavy atom. The predicted octanol–water partition coefficient (Wildman–Crippen LogP) is 2.48. The van der Waals surface area contributed by atoms with Crippen LogP contribution in [0.15, 0.2) is 24.3 Å². The van der Waals surface area contributed by atoms with Gasteiger partial charge < -0.3 is 10.4 Å². The van der Waals surface area contributed by atoms with Crippen LogP contribution in [-0.4, -0.2) is 26.8 Å². The van der Waals surface area contributed by atoms with Gasteiger partial charge in [0.05, 0.1) is 18.0 Å². The maximum atomic E-state index is 12.2. The molecule has 2 aromatic rings. The molecular weight excluding hydrogens is 306 g/mol. The molecule has 6 heteroatoms. The van der Waals surface area contributed by atoms with Gasteiger partial charge in [0.25, 0.3) is 0 Å². The molecule has 6 nitrogen and oxygen atoms in total. The molecule has 0 aliphatic carbocycles. The molecule has 1 amide bonds.